The predicted octanol–water partition coefficient (Wildman–Crippen LogP) is 1.64. The van der Waals surface area contributed by atoms with Crippen molar-refractivity contribution >= 4 is 5.91 Å². The fraction of sp³-hybridized carbons (Fsp3) is 0.667. The summed E-state index contributed by atoms with van der Waals surface area (Å²) in [6.45, 7) is 2.66. The van der Waals surface area contributed by atoms with Crippen molar-refractivity contribution in [2.75, 3.05) is 0 Å². The third kappa shape index (κ3) is 3.94. The summed E-state index contributed by atoms with van der Waals surface area (Å²) in [5.74, 6) is 0.875. The lowest BCUT2D eigenvalue weighted by atomic mass is 10.2. The number of amides is 1. The van der Waals surface area contributed by atoms with E-state index in [2.05, 4.69) is 30.2 Å². The van der Waals surface area contributed by atoms with E-state index in [4.69, 9.17) is 0 Å². The van der Waals surface area contributed by atoms with E-state index < -0.39 is 0 Å². The second-order valence-corrected chi connectivity index (χ2v) is 6.09. The first-order chi connectivity index (χ1) is 11.2. The smallest absolute Gasteiger partial charge is 0.220 e. The number of carbonyl (C=O) groups excluding carboxylic acids is 1. The Labute approximate surface area is 135 Å². The molecule has 0 saturated heterocycles. The van der Waals surface area contributed by atoms with Gasteiger partial charge in [0, 0.05) is 19.0 Å². The van der Waals surface area contributed by atoms with Gasteiger partial charge in [0.25, 0.3) is 0 Å². The Balaban J connectivity index is 1.49. The van der Waals surface area contributed by atoms with Gasteiger partial charge in [-0.1, -0.05) is 12.8 Å². The molecule has 1 aliphatic carbocycles. The first-order valence-corrected chi connectivity index (χ1v) is 8.25. The van der Waals surface area contributed by atoms with Crippen molar-refractivity contribution in [2.24, 2.45) is 0 Å². The van der Waals surface area contributed by atoms with Crippen molar-refractivity contribution in [1.82, 2.24) is 34.8 Å². The molecule has 1 N–H and O–H groups in total. The highest BCUT2D eigenvalue weighted by molar-refractivity contribution is 5.76. The third-order valence-corrected chi connectivity index (χ3v) is 4.34. The summed E-state index contributed by atoms with van der Waals surface area (Å²) in [6, 6.07) is 0.351. The van der Waals surface area contributed by atoms with Gasteiger partial charge in [-0.15, -0.1) is 10.2 Å². The molecule has 1 amide bonds. The molecule has 0 radical (unpaired) electrons. The third-order valence-electron chi connectivity index (χ3n) is 4.34. The lowest BCUT2D eigenvalue weighted by molar-refractivity contribution is -0.121. The molecule has 1 aliphatic rings. The average Bonchev–Trinajstić information content (AvgIpc) is 3.28. The molecule has 2 heterocycles. The van der Waals surface area contributed by atoms with Crippen molar-refractivity contribution in [1.29, 1.82) is 0 Å². The number of carbonyl (C=O) groups is 1. The fourth-order valence-electron chi connectivity index (χ4n) is 3.15. The molecule has 23 heavy (non-hydrogen) atoms. The van der Waals surface area contributed by atoms with E-state index in [9.17, 15) is 4.79 Å². The highest BCUT2D eigenvalue weighted by atomic mass is 16.1. The van der Waals surface area contributed by atoms with Gasteiger partial charge in [-0.3, -0.25) is 9.48 Å². The van der Waals surface area contributed by atoms with E-state index >= 15 is 0 Å². The molecule has 0 aliphatic heterocycles. The van der Waals surface area contributed by atoms with Gasteiger partial charge < -0.3 is 9.88 Å². The summed E-state index contributed by atoms with van der Waals surface area (Å²) in [6.07, 6.45) is 11.0. The normalized spacial score (nSPS) is 16.6. The highest BCUT2D eigenvalue weighted by Gasteiger charge is 2.23. The molecule has 1 unspecified atom stereocenters. The molecule has 3 rings (SSSR count). The monoisotopic (exact) mass is 317 g/mol. The van der Waals surface area contributed by atoms with Gasteiger partial charge in [0.2, 0.25) is 5.91 Å². The SMILES string of the molecule is CC(NC(=O)CCCn1cncn1)c1nncn1C1CCCC1. The van der Waals surface area contributed by atoms with Crippen molar-refractivity contribution in [3.63, 3.8) is 0 Å². The van der Waals surface area contributed by atoms with Crippen LogP contribution < -0.4 is 5.32 Å². The van der Waals surface area contributed by atoms with Crippen LogP contribution in [0.1, 0.15) is 63.4 Å². The molecule has 8 nitrogen and oxygen atoms in total. The minimum atomic E-state index is -0.128. The first kappa shape index (κ1) is 15.6. The van der Waals surface area contributed by atoms with Gasteiger partial charge in [0.05, 0.1) is 6.04 Å². The van der Waals surface area contributed by atoms with Gasteiger partial charge in [0.1, 0.15) is 19.0 Å². The molecule has 8 heteroatoms. The molecule has 1 fully saturated rings. The molecule has 1 saturated carbocycles. The minimum Gasteiger partial charge on any atom is -0.346 e. The van der Waals surface area contributed by atoms with Crippen LogP contribution in [-0.4, -0.2) is 35.4 Å². The molecule has 1 atom stereocenters. The number of hydrogen-bond acceptors (Lipinski definition) is 5. The topological polar surface area (TPSA) is 90.5 Å². The zero-order valence-corrected chi connectivity index (χ0v) is 13.4. The van der Waals surface area contributed by atoms with Crippen LogP contribution in [0.3, 0.4) is 0 Å². The molecule has 2 aromatic rings. The van der Waals surface area contributed by atoms with Crippen LogP contribution in [0.15, 0.2) is 19.0 Å². The fourth-order valence-corrected chi connectivity index (χ4v) is 3.15. The van der Waals surface area contributed by atoms with Crippen LogP contribution in [0.2, 0.25) is 0 Å². The molecular weight excluding hydrogens is 294 g/mol. The summed E-state index contributed by atoms with van der Waals surface area (Å²) in [7, 11) is 0. The van der Waals surface area contributed by atoms with Crippen molar-refractivity contribution < 1.29 is 4.79 Å². The molecule has 124 valence electrons. The quantitative estimate of drug-likeness (QED) is 0.838. The molecule has 0 aromatic carbocycles. The number of hydrogen-bond donors (Lipinski definition) is 1. The maximum atomic E-state index is 12.1. The van der Waals surface area contributed by atoms with E-state index in [1.165, 1.54) is 32.0 Å². The molecule has 0 bridgehead atoms. The number of aryl methyl sites for hydroxylation is 1. The van der Waals surface area contributed by atoms with Gasteiger partial charge in [-0.05, 0) is 26.2 Å². The molecule has 0 spiro atoms. The van der Waals surface area contributed by atoms with Gasteiger partial charge in [-0.2, -0.15) is 5.10 Å². The Morgan fingerprint density at radius 1 is 1.39 bits per heavy atom. The van der Waals surface area contributed by atoms with Crippen LogP contribution in [-0.2, 0) is 11.3 Å². The highest BCUT2D eigenvalue weighted by Crippen LogP contribution is 2.31. The van der Waals surface area contributed by atoms with Crippen LogP contribution in [0.25, 0.3) is 0 Å². The molecular formula is C15H23N7O. The Kier molecular flexibility index (Phi) is 4.99. The second-order valence-electron chi connectivity index (χ2n) is 6.09. The van der Waals surface area contributed by atoms with E-state index in [-0.39, 0.29) is 11.9 Å². The largest absolute Gasteiger partial charge is 0.346 e. The van der Waals surface area contributed by atoms with Gasteiger partial charge in [-0.25, -0.2) is 4.98 Å². The van der Waals surface area contributed by atoms with Crippen molar-refractivity contribution in [3.8, 4) is 0 Å². The van der Waals surface area contributed by atoms with E-state index in [0.29, 0.717) is 19.0 Å². The van der Waals surface area contributed by atoms with Gasteiger partial charge >= 0.3 is 0 Å². The lowest BCUT2D eigenvalue weighted by Crippen LogP contribution is -2.29. The summed E-state index contributed by atoms with van der Waals surface area (Å²) in [5.41, 5.74) is 0. The van der Waals surface area contributed by atoms with Crippen LogP contribution >= 0.6 is 0 Å². The molecule has 2 aromatic heterocycles. The average molecular weight is 317 g/mol. The van der Waals surface area contributed by atoms with Crippen molar-refractivity contribution in [3.05, 3.63) is 24.8 Å². The standard InChI is InChI=1S/C15H23N7O/c1-12(15-20-17-11-22(15)13-5-2-3-6-13)19-14(23)7-4-8-21-10-16-9-18-21/h9-13H,2-8H2,1H3,(H,19,23). The number of aromatic nitrogens is 6. The lowest BCUT2D eigenvalue weighted by Gasteiger charge is -2.18. The van der Waals surface area contributed by atoms with E-state index in [1.54, 1.807) is 17.3 Å². The van der Waals surface area contributed by atoms with E-state index in [0.717, 1.165) is 12.2 Å². The Bertz CT molecular complexity index is 616. The number of nitrogens with zero attached hydrogens (tertiary/aromatic N) is 6. The van der Waals surface area contributed by atoms with Crippen LogP contribution in [0, 0.1) is 0 Å². The Morgan fingerprint density at radius 3 is 2.96 bits per heavy atom. The zero-order chi connectivity index (χ0) is 16.1. The summed E-state index contributed by atoms with van der Waals surface area (Å²) >= 11 is 0. The second kappa shape index (κ2) is 7.34. The number of nitrogens with one attached hydrogen (secondary N) is 1. The zero-order valence-electron chi connectivity index (χ0n) is 13.4. The van der Waals surface area contributed by atoms with Crippen LogP contribution in [0.5, 0.6) is 0 Å². The van der Waals surface area contributed by atoms with Crippen LogP contribution in [0.4, 0.5) is 0 Å². The predicted molar refractivity (Wildman–Crippen MR) is 83.3 cm³/mol. The Hall–Kier alpha value is -2.25. The summed E-state index contributed by atoms with van der Waals surface area (Å²) < 4.78 is 3.86. The van der Waals surface area contributed by atoms with Crippen molar-refractivity contribution in [2.45, 2.75) is 64.1 Å². The summed E-state index contributed by atoms with van der Waals surface area (Å²) in [4.78, 5) is 16.0. The maximum Gasteiger partial charge on any atom is 0.220 e. The van der Waals surface area contributed by atoms with Gasteiger partial charge in [0.15, 0.2) is 5.82 Å². The minimum absolute atomic E-state index is 0.0265. The summed E-state index contributed by atoms with van der Waals surface area (Å²) in [5, 5.41) is 15.3. The Morgan fingerprint density at radius 2 is 2.22 bits per heavy atom. The maximum absolute atomic E-state index is 12.1. The number of rotatable bonds is 7. The first-order valence-electron chi connectivity index (χ1n) is 8.25. The van der Waals surface area contributed by atoms with E-state index in [1.807, 2.05) is 6.92 Å².